The summed E-state index contributed by atoms with van der Waals surface area (Å²) in [5.74, 6) is 2.09. The molecule has 1 rings (SSSR count). The fourth-order valence-corrected chi connectivity index (χ4v) is 2.90. The van der Waals surface area contributed by atoms with Crippen molar-refractivity contribution in [1.29, 1.82) is 0 Å². The van der Waals surface area contributed by atoms with Gasteiger partial charge in [-0.1, -0.05) is 6.92 Å². The minimum absolute atomic E-state index is 0.687. The smallest absolute Gasteiger partial charge is 0.00795 e. The van der Waals surface area contributed by atoms with Gasteiger partial charge < -0.3 is 10.2 Å². The molecule has 3 heteroatoms. The van der Waals surface area contributed by atoms with E-state index in [4.69, 9.17) is 0 Å². The minimum Gasteiger partial charge on any atom is -0.313 e. The van der Waals surface area contributed by atoms with E-state index in [0.29, 0.717) is 6.04 Å². The quantitative estimate of drug-likeness (QED) is 0.693. The summed E-state index contributed by atoms with van der Waals surface area (Å²) in [7, 11) is 0. The summed E-state index contributed by atoms with van der Waals surface area (Å²) in [5.41, 5.74) is 0. The SMILES string of the molecule is CCCN1CCCC(C(C)NCCSC)C1. The normalized spacial score (nSPS) is 24.6. The Kier molecular flexibility index (Phi) is 7.50. The van der Waals surface area contributed by atoms with Crippen LogP contribution in [0, 0.1) is 5.92 Å². The van der Waals surface area contributed by atoms with Crippen LogP contribution in [0.15, 0.2) is 0 Å². The standard InChI is InChI=1S/C13H28N2S/c1-4-8-15-9-5-6-13(11-15)12(2)14-7-10-16-3/h12-14H,4-11H2,1-3H3. The first kappa shape index (κ1) is 14.3. The van der Waals surface area contributed by atoms with Crippen molar-refractivity contribution in [2.45, 2.75) is 39.2 Å². The Labute approximate surface area is 106 Å². The van der Waals surface area contributed by atoms with Gasteiger partial charge in [0.05, 0.1) is 0 Å². The number of thioether (sulfide) groups is 1. The first-order chi connectivity index (χ1) is 7.77. The molecule has 0 aliphatic carbocycles. The maximum absolute atomic E-state index is 3.67. The first-order valence-corrected chi connectivity index (χ1v) is 8.12. The third kappa shape index (κ3) is 5.07. The van der Waals surface area contributed by atoms with Gasteiger partial charge in [-0.15, -0.1) is 0 Å². The Morgan fingerprint density at radius 3 is 3.00 bits per heavy atom. The minimum atomic E-state index is 0.687. The second-order valence-electron chi connectivity index (χ2n) is 4.94. The zero-order chi connectivity index (χ0) is 11.8. The van der Waals surface area contributed by atoms with Gasteiger partial charge in [0, 0.05) is 24.9 Å². The number of hydrogen-bond donors (Lipinski definition) is 1. The monoisotopic (exact) mass is 244 g/mol. The summed E-state index contributed by atoms with van der Waals surface area (Å²) in [5, 5.41) is 3.67. The van der Waals surface area contributed by atoms with Gasteiger partial charge in [-0.3, -0.25) is 0 Å². The number of hydrogen-bond acceptors (Lipinski definition) is 3. The predicted octanol–water partition coefficient (Wildman–Crippen LogP) is 2.45. The van der Waals surface area contributed by atoms with Crippen molar-refractivity contribution in [2.24, 2.45) is 5.92 Å². The fourth-order valence-electron chi connectivity index (χ4n) is 2.57. The van der Waals surface area contributed by atoms with E-state index in [1.807, 2.05) is 11.8 Å². The molecule has 96 valence electrons. The molecule has 0 aromatic carbocycles. The molecule has 1 N–H and O–H groups in total. The number of nitrogens with one attached hydrogen (secondary N) is 1. The molecule has 1 aliphatic heterocycles. The van der Waals surface area contributed by atoms with E-state index in [1.165, 1.54) is 44.6 Å². The van der Waals surface area contributed by atoms with Crippen LogP contribution in [0.1, 0.15) is 33.1 Å². The third-order valence-electron chi connectivity index (χ3n) is 3.56. The molecular formula is C13H28N2S. The molecule has 1 fully saturated rings. The first-order valence-electron chi connectivity index (χ1n) is 6.72. The van der Waals surface area contributed by atoms with E-state index in [2.05, 4.69) is 30.3 Å². The Hall–Kier alpha value is 0.270. The summed E-state index contributed by atoms with van der Waals surface area (Å²) in [6, 6.07) is 0.687. The average Bonchev–Trinajstić information content (AvgIpc) is 2.30. The van der Waals surface area contributed by atoms with Crippen molar-refractivity contribution in [3.05, 3.63) is 0 Å². The Morgan fingerprint density at radius 2 is 2.31 bits per heavy atom. The van der Waals surface area contributed by atoms with Gasteiger partial charge in [-0.25, -0.2) is 0 Å². The van der Waals surface area contributed by atoms with Crippen LogP contribution in [-0.2, 0) is 0 Å². The molecule has 1 heterocycles. The zero-order valence-electron chi connectivity index (χ0n) is 11.2. The fraction of sp³-hybridized carbons (Fsp3) is 1.00. The molecule has 2 unspecified atom stereocenters. The van der Waals surface area contributed by atoms with Gasteiger partial charge in [0.15, 0.2) is 0 Å². The van der Waals surface area contributed by atoms with Crippen LogP contribution in [0.3, 0.4) is 0 Å². The van der Waals surface area contributed by atoms with Crippen LogP contribution in [0.5, 0.6) is 0 Å². The summed E-state index contributed by atoms with van der Waals surface area (Å²) in [6.45, 7) is 9.72. The van der Waals surface area contributed by atoms with Gasteiger partial charge in [0.2, 0.25) is 0 Å². The summed E-state index contributed by atoms with van der Waals surface area (Å²) >= 11 is 1.93. The lowest BCUT2D eigenvalue weighted by Crippen LogP contribution is -2.45. The maximum Gasteiger partial charge on any atom is 0.00795 e. The molecule has 0 aromatic heterocycles. The summed E-state index contributed by atoms with van der Waals surface area (Å²) in [6.07, 6.45) is 6.27. The molecule has 16 heavy (non-hydrogen) atoms. The van der Waals surface area contributed by atoms with E-state index >= 15 is 0 Å². The molecule has 0 bridgehead atoms. The van der Waals surface area contributed by atoms with Crippen LogP contribution >= 0.6 is 11.8 Å². The molecule has 2 atom stereocenters. The molecule has 0 spiro atoms. The van der Waals surface area contributed by atoms with Crippen molar-refractivity contribution in [3.8, 4) is 0 Å². The summed E-state index contributed by atoms with van der Waals surface area (Å²) < 4.78 is 0. The third-order valence-corrected chi connectivity index (χ3v) is 4.17. The largest absolute Gasteiger partial charge is 0.313 e. The highest BCUT2D eigenvalue weighted by Crippen LogP contribution is 2.19. The Morgan fingerprint density at radius 1 is 1.50 bits per heavy atom. The van der Waals surface area contributed by atoms with Gasteiger partial charge in [0.25, 0.3) is 0 Å². The number of rotatable bonds is 7. The van der Waals surface area contributed by atoms with E-state index in [0.717, 1.165) is 12.5 Å². The zero-order valence-corrected chi connectivity index (χ0v) is 12.0. The van der Waals surface area contributed by atoms with Gasteiger partial charge in [-0.05, 0) is 51.4 Å². The van der Waals surface area contributed by atoms with Gasteiger partial charge >= 0.3 is 0 Å². The van der Waals surface area contributed by atoms with Crippen LogP contribution in [-0.4, -0.2) is 49.1 Å². The van der Waals surface area contributed by atoms with Crippen molar-refractivity contribution in [1.82, 2.24) is 10.2 Å². The molecule has 0 aromatic rings. The van der Waals surface area contributed by atoms with Crippen LogP contribution < -0.4 is 5.32 Å². The lowest BCUT2D eigenvalue weighted by molar-refractivity contribution is 0.152. The maximum atomic E-state index is 3.67. The van der Waals surface area contributed by atoms with Gasteiger partial charge in [0.1, 0.15) is 0 Å². The highest BCUT2D eigenvalue weighted by atomic mass is 32.2. The summed E-state index contributed by atoms with van der Waals surface area (Å²) in [4.78, 5) is 2.64. The highest BCUT2D eigenvalue weighted by molar-refractivity contribution is 7.98. The second kappa shape index (κ2) is 8.37. The van der Waals surface area contributed by atoms with Crippen LogP contribution in [0.4, 0.5) is 0 Å². The molecule has 2 nitrogen and oxygen atoms in total. The second-order valence-corrected chi connectivity index (χ2v) is 5.92. The number of likely N-dealkylation sites (tertiary alicyclic amines) is 1. The lowest BCUT2D eigenvalue weighted by atomic mass is 9.91. The molecular weight excluding hydrogens is 216 g/mol. The molecule has 0 radical (unpaired) electrons. The molecule has 1 saturated heterocycles. The lowest BCUT2D eigenvalue weighted by Gasteiger charge is -2.36. The molecule has 1 aliphatic rings. The Bertz CT molecular complexity index is 173. The number of nitrogens with zero attached hydrogens (tertiary/aromatic N) is 1. The number of piperidine rings is 1. The van der Waals surface area contributed by atoms with Crippen molar-refractivity contribution in [2.75, 3.05) is 38.2 Å². The predicted molar refractivity (Wildman–Crippen MR) is 75.3 cm³/mol. The van der Waals surface area contributed by atoms with Crippen molar-refractivity contribution in [3.63, 3.8) is 0 Å². The van der Waals surface area contributed by atoms with E-state index in [1.54, 1.807) is 0 Å². The van der Waals surface area contributed by atoms with Crippen LogP contribution in [0.2, 0.25) is 0 Å². The van der Waals surface area contributed by atoms with E-state index in [9.17, 15) is 0 Å². The average molecular weight is 244 g/mol. The topological polar surface area (TPSA) is 15.3 Å². The van der Waals surface area contributed by atoms with E-state index in [-0.39, 0.29) is 0 Å². The van der Waals surface area contributed by atoms with Crippen molar-refractivity contribution >= 4 is 11.8 Å². The molecule has 0 amide bonds. The van der Waals surface area contributed by atoms with Gasteiger partial charge in [-0.2, -0.15) is 11.8 Å². The van der Waals surface area contributed by atoms with Crippen LogP contribution in [0.25, 0.3) is 0 Å². The van der Waals surface area contributed by atoms with E-state index < -0.39 is 0 Å². The van der Waals surface area contributed by atoms with Crippen molar-refractivity contribution < 1.29 is 0 Å². The Balaban J connectivity index is 2.23. The highest BCUT2D eigenvalue weighted by Gasteiger charge is 2.23. The molecule has 0 saturated carbocycles.